The molecule has 1 unspecified atom stereocenters. The molecule has 1 aliphatic heterocycles. The smallest absolute Gasteiger partial charge is 0.431 e. The number of pyridine rings is 1. The molecule has 1 atom stereocenters. The van der Waals surface area contributed by atoms with Crippen molar-refractivity contribution in [3.63, 3.8) is 0 Å². The maximum Gasteiger partial charge on any atom is 0.511 e. The molecule has 0 spiro atoms. The Hall–Kier alpha value is -4.23. The lowest BCUT2D eigenvalue weighted by molar-refractivity contribution is -0.116. The van der Waals surface area contributed by atoms with Crippen molar-refractivity contribution in [2.75, 3.05) is 18.4 Å². The number of likely N-dealkylation sites (tertiary alicyclic amines) is 1. The first-order valence-electron chi connectivity index (χ1n) is 16.1. The lowest BCUT2D eigenvalue weighted by Crippen LogP contribution is -2.47. The Morgan fingerprint density at radius 3 is 2.40 bits per heavy atom. The largest absolute Gasteiger partial charge is 0.511 e. The average Bonchev–Trinajstić information content (AvgIpc) is 3.40. The quantitative estimate of drug-likeness (QED) is 0.214. The van der Waals surface area contributed by atoms with Crippen LogP contribution in [0.2, 0.25) is 5.02 Å². The second-order valence-corrected chi connectivity index (χ2v) is 12.7. The minimum Gasteiger partial charge on any atom is -0.431 e. The van der Waals surface area contributed by atoms with E-state index >= 15 is 0 Å². The molecular weight excluding hydrogens is 628 g/mol. The van der Waals surface area contributed by atoms with Crippen molar-refractivity contribution in [3.8, 4) is 0 Å². The number of halogens is 1. The summed E-state index contributed by atoms with van der Waals surface area (Å²) in [5, 5.41) is 6.19. The molecule has 3 heterocycles. The van der Waals surface area contributed by atoms with Crippen molar-refractivity contribution in [2.45, 2.75) is 96.7 Å². The van der Waals surface area contributed by atoms with Crippen LogP contribution in [0.25, 0.3) is 11.0 Å². The molecule has 0 bridgehead atoms. The van der Waals surface area contributed by atoms with Crippen LogP contribution in [0.15, 0.2) is 36.5 Å². The van der Waals surface area contributed by atoms with Crippen molar-refractivity contribution >= 4 is 52.4 Å². The van der Waals surface area contributed by atoms with Gasteiger partial charge in [0.15, 0.2) is 0 Å². The summed E-state index contributed by atoms with van der Waals surface area (Å²) in [5.41, 5.74) is 0.880. The van der Waals surface area contributed by atoms with E-state index in [1.165, 1.54) is 29.8 Å². The molecule has 252 valence electrons. The molecule has 5 rings (SSSR count). The Labute approximate surface area is 278 Å². The van der Waals surface area contributed by atoms with Gasteiger partial charge in [0.05, 0.1) is 21.6 Å². The van der Waals surface area contributed by atoms with Crippen LogP contribution < -0.4 is 10.6 Å². The first-order valence-corrected chi connectivity index (χ1v) is 16.5. The zero-order valence-corrected chi connectivity index (χ0v) is 27.6. The fourth-order valence-corrected chi connectivity index (χ4v) is 6.01. The van der Waals surface area contributed by atoms with Gasteiger partial charge >= 0.3 is 12.1 Å². The van der Waals surface area contributed by atoms with Gasteiger partial charge in [-0.25, -0.2) is 19.6 Å². The first kappa shape index (κ1) is 34.1. The van der Waals surface area contributed by atoms with Crippen LogP contribution in [0.1, 0.15) is 86.7 Å². The molecule has 2 amide bonds. The number of piperidine rings is 1. The van der Waals surface area contributed by atoms with Gasteiger partial charge < -0.3 is 34.3 Å². The van der Waals surface area contributed by atoms with Gasteiger partial charge in [-0.1, -0.05) is 18.0 Å². The molecule has 1 aliphatic carbocycles. The second-order valence-electron chi connectivity index (χ2n) is 12.2. The Morgan fingerprint density at radius 1 is 0.979 bits per heavy atom. The Morgan fingerprint density at radius 2 is 1.72 bits per heavy atom. The number of ether oxygens (including phenoxy) is 3. The number of fused-ring (bicyclic) bond motifs is 1. The van der Waals surface area contributed by atoms with E-state index < -0.39 is 30.2 Å². The van der Waals surface area contributed by atoms with Crippen LogP contribution in [0, 0.1) is 0 Å². The van der Waals surface area contributed by atoms with E-state index in [1.807, 2.05) is 0 Å². The first-order chi connectivity index (χ1) is 22.5. The number of benzene rings is 1. The molecule has 2 aromatic heterocycles. The van der Waals surface area contributed by atoms with E-state index in [9.17, 15) is 19.2 Å². The Kier molecular flexibility index (Phi) is 11.3. The molecule has 13 nitrogen and oxygen atoms in total. The molecule has 47 heavy (non-hydrogen) atoms. The molecule has 1 saturated carbocycles. The van der Waals surface area contributed by atoms with E-state index in [-0.39, 0.29) is 35.9 Å². The lowest BCUT2D eigenvalue weighted by atomic mass is 9.98. The highest BCUT2D eigenvalue weighted by Crippen LogP contribution is 2.23. The number of nitrogens with zero attached hydrogens (tertiary/aromatic N) is 4. The number of hydrogen-bond acceptors (Lipinski definition) is 10. The van der Waals surface area contributed by atoms with Crippen molar-refractivity contribution in [3.05, 3.63) is 52.9 Å². The minimum absolute atomic E-state index is 0.0261. The Balaban J connectivity index is 1.32. The van der Waals surface area contributed by atoms with Crippen molar-refractivity contribution in [1.82, 2.24) is 24.8 Å². The van der Waals surface area contributed by atoms with E-state index in [2.05, 4.69) is 39.3 Å². The van der Waals surface area contributed by atoms with Crippen LogP contribution in [-0.2, 0) is 25.5 Å². The number of anilines is 1. The van der Waals surface area contributed by atoms with Gasteiger partial charge in [0.1, 0.15) is 18.5 Å². The molecule has 2 fully saturated rings. The summed E-state index contributed by atoms with van der Waals surface area (Å²) in [6, 6.07) is 8.09. The van der Waals surface area contributed by atoms with Gasteiger partial charge in [-0.05, 0) is 82.7 Å². The highest BCUT2D eigenvalue weighted by Gasteiger charge is 2.27. The number of amides is 2. The normalized spacial score (nSPS) is 16.9. The third-order valence-electron chi connectivity index (χ3n) is 8.43. The van der Waals surface area contributed by atoms with E-state index in [0.717, 1.165) is 58.0 Å². The van der Waals surface area contributed by atoms with Crippen molar-refractivity contribution < 1.29 is 33.4 Å². The van der Waals surface area contributed by atoms with Crippen LogP contribution in [0.4, 0.5) is 10.6 Å². The number of carbonyl (C=O) groups excluding carboxylic acids is 4. The predicted molar refractivity (Wildman–Crippen MR) is 174 cm³/mol. The molecule has 14 heteroatoms. The van der Waals surface area contributed by atoms with Crippen molar-refractivity contribution in [1.29, 1.82) is 0 Å². The van der Waals surface area contributed by atoms with Gasteiger partial charge in [0.25, 0.3) is 5.91 Å². The van der Waals surface area contributed by atoms with Gasteiger partial charge in [0.2, 0.25) is 18.0 Å². The number of nitrogens with one attached hydrogen (secondary N) is 2. The fraction of sp³-hybridized carbons (Fsp3) is 0.515. The van der Waals surface area contributed by atoms with Crippen LogP contribution >= 0.6 is 11.6 Å². The molecule has 3 aromatic rings. The summed E-state index contributed by atoms with van der Waals surface area (Å²) in [7, 11) is 0. The zero-order chi connectivity index (χ0) is 33.5. The summed E-state index contributed by atoms with van der Waals surface area (Å²) in [5.74, 6) is -1.35. The van der Waals surface area contributed by atoms with Gasteiger partial charge in [-0.2, -0.15) is 0 Å². The maximum atomic E-state index is 13.6. The van der Waals surface area contributed by atoms with Gasteiger partial charge in [-0.15, -0.1) is 0 Å². The van der Waals surface area contributed by atoms with E-state index in [0.29, 0.717) is 22.1 Å². The SMILES string of the molecule is CC(OC(=O)OC1CCCCC1)OC(=O)c1ccc2nc(C(=O)NC3CCN(C(C)C)CC3)n(CC(=O)Nc3ccc(Cl)cn3)c2c1. The average molecular weight is 669 g/mol. The standard InChI is InChI=1S/C33H41ClN6O7/c1-20(2)39-15-13-24(14-16-39)36-31(42)30-37-26-11-9-22(32(43)45-21(3)46-33(44)47-25-7-5-4-6-8-25)17-27(26)40(30)19-29(41)38-28-12-10-23(34)18-35-28/h9-12,17-18,20-21,24-25H,4-8,13-16,19H2,1-3H3,(H,36,42)(H,35,38,41). The third kappa shape index (κ3) is 9.19. The third-order valence-corrected chi connectivity index (χ3v) is 8.65. The number of carbonyl (C=O) groups is 4. The molecule has 0 radical (unpaired) electrons. The van der Waals surface area contributed by atoms with E-state index in [1.54, 1.807) is 18.2 Å². The lowest BCUT2D eigenvalue weighted by Gasteiger charge is -2.34. The molecular formula is C33H41ClN6O7. The minimum atomic E-state index is -1.21. The maximum absolute atomic E-state index is 13.6. The highest BCUT2D eigenvalue weighted by atomic mass is 35.5. The highest BCUT2D eigenvalue weighted by molar-refractivity contribution is 6.30. The summed E-state index contributed by atoms with van der Waals surface area (Å²) in [4.78, 5) is 63.1. The summed E-state index contributed by atoms with van der Waals surface area (Å²) in [6.07, 6.45) is 5.34. The van der Waals surface area contributed by atoms with Crippen LogP contribution in [0.3, 0.4) is 0 Å². The summed E-state index contributed by atoms with van der Waals surface area (Å²) in [6.45, 7) is 7.15. The second kappa shape index (κ2) is 15.6. The van der Waals surface area contributed by atoms with Gasteiger partial charge in [0, 0.05) is 38.3 Å². The molecule has 2 N–H and O–H groups in total. The molecule has 1 aromatic carbocycles. The molecule has 1 saturated heterocycles. The monoisotopic (exact) mass is 668 g/mol. The Bertz CT molecular complexity index is 1580. The summed E-state index contributed by atoms with van der Waals surface area (Å²) < 4.78 is 17.3. The molecule has 2 aliphatic rings. The van der Waals surface area contributed by atoms with E-state index in [4.69, 9.17) is 25.8 Å². The van der Waals surface area contributed by atoms with Crippen LogP contribution in [-0.4, -0.2) is 80.9 Å². The number of rotatable bonds is 10. The number of aromatic nitrogens is 3. The topological polar surface area (TPSA) is 154 Å². The number of esters is 1. The number of imidazole rings is 1. The number of hydrogen-bond donors (Lipinski definition) is 2. The fourth-order valence-electron chi connectivity index (χ4n) is 5.89. The van der Waals surface area contributed by atoms with Gasteiger partial charge in [-0.3, -0.25) is 9.59 Å². The predicted octanol–water partition coefficient (Wildman–Crippen LogP) is 5.31. The summed E-state index contributed by atoms with van der Waals surface area (Å²) >= 11 is 5.92. The van der Waals surface area contributed by atoms with Crippen LogP contribution in [0.5, 0.6) is 0 Å². The zero-order valence-electron chi connectivity index (χ0n) is 26.9. The van der Waals surface area contributed by atoms with Crippen molar-refractivity contribution in [2.24, 2.45) is 0 Å².